The van der Waals surface area contributed by atoms with Gasteiger partial charge in [0, 0.05) is 31.7 Å². The Kier molecular flexibility index (Phi) is 9.74. The van der Waals surface area contributed by atoms with Gasteiger partial charge < -0.3 is 19.7 Å². The number of carbonyl (C=O) groups excluding carboxylic acids is 5. The van der Waals surface area contributed by atoms with Crippen molar-refractivity contribution in [2.75, 3.05) is 13.2 Å². The van der Waals surface area contributed by atoms with Gasteiger partial charge in [-0.2, -0.15) is 0 Å². The Balaban J connectivity index is 1.55. The standard InChI is InChI=1S/C33H42N2O6/c1-21(2)16-27(31(39)33(4)20-41-33)34-32(40)26(18-23-12-13-24-8-5-6-9-25(24)17-23)19-29(37)28-10-7-15-35(28)30(38)14-11-22(3)36/h5-6,8-9,12-13,17,21,26-28H,7,10-11,14-16,18-20H2,1-4H3,(H,34,40)/t26-,27+,28+,33-/m1/s1. The molecular formula is C33H42N2O6. The lowest BCUT2D eigenvalue weighted by molar-refractivity contribution is -0.139. The number of Topliss-reactive ketones (excluding diaryl/α,β-unsaturated/α-hetero) is 3. The number of nitrogens with one attached hydrogen (secondary N) is 1. The van der Waals surface area contributed by atoms with E-state index in [-0.39, 0.29) is 54.3 Å². The summed E-state index contributed by atoms with van der Waals surface area (Å²) in [6.45, 7) is 7.99. The van der Waals surface area contributed by atoms with Gasteiger partial charge in [0.1, 0.15) is 11.4 Å². The Hall–Kier alpha value is -3.39. The number of hydrogen-bond donors (Lipinski definition) is 1. The van der Waals surface area contributed by atoms with Gasteiger partial charge in [-0.1, -0.05) is 56.3 Å². The third-order valence-electron chi connectivity index (χ3n) is 8.19. The Bertz CT molecular complexity index is 1310. The first-order valence-corrected chi connectivity index (χ1v) is 14.7. The van der Waals surface area contributed by atoms with E-state index < -0.39 is 23.6 Å². The number of likely N-dealkylation sites (tertiary alicyclic amines) is 1. The molecule has 0 bridgehead atoms. The van der Waals surface area contributed by atoms with E-state index in [2.05, 4.69) is 5.32 Å². The van der Waals surface area contributed by atoms with Crippen molar-refractivity contribution in [3.63, 3.8) is 0 Å². The Labute approximate surface area is 242 Å². The van der Waals surface area contributed by atoms with E-state index >= 15 is 0 Å². The minimum atomic E-state index is -0.874. The van der Waals surface area contributed by atoms with Crippen molar-refractivity contribution in [2.24, 2.45) is 11.8 Å². The molecule has 2 fully saturated rings. The number of ether oxygens (including phenoxy) is 1. The molecule has 1 N–H and O–H groups in total. The highest BCUT2D eigenvalue weighted by atomic mass is 16.6. The van der Waals surface area contributed by atoms with E-state index in [0.29, 0.717) is 38.8 Å². The van der Waals surface area contributed by atoms with Crippen molar-refractivity contribution >= 4 is 39.9 Å². The van der Waals surface area contributed by atoms with Crippen LogP contribution in [0.25, 0.3) is 10.8 Å². The van der Waals surface area contributed by atoms with Gasteiger partial charge in [-0.05, 0) is 61.8 Å². The van der Waals surface area contributed by atoms with Crippen LogP contribution in [0.15, 0.2) is 42.5 Å². The van der Waals surface area contributed by atoms with Gasteiger partial charge in [-0.3, -0.25) is 19.2 Å². The van der Waals surface area contributed by atoms with Crippen molar-refractivity contribution < 1.29 is 28.7 Å². The van der Waals surface area contributed by atoms with Gasteiger partial charge in [0.15, 0.2) is 11.6 Å². The quantitative estimate of drug-likeness (QED) is 0.345. The summed E-state index contributed by atoms with van der Waals surface area (Å²) in [6, 6.07) is 12.7. The summed E-state index contributed by atoms with van der Waals surface area (Å²) in [6.07, 6.45) is 2.23. The fourth-order valence-corrected chi connectivity index (χ4v) is 5.72. The summed E-state index contributed by atoms with van der Waals surface area (Å²) in [5, 5.41) is 5.10. The smallest absolute Gasteiger partial charge is 0.224 e. The first-order chi connectivity index (χ1) is 19.5. The minimum absolute atomic E-state index is 0.0455. The van der Waals surface area contributed by atoms with Gasteiger partial charge in [-0.25, -0.2) is 0 Å². The van der Waals surface area contributed by atoms with Crippen LogP contribution < -0.4 is 5.32 Å². The molecule has 0 aliphatic carbocycles. The Morgan fingerprint density at radius 3 is 2.41 bits per heavy atom. The fraction of sp³-hybridized carbons (Fsp3) is 0.545. The highest BCUT2D eigenvalue weighted by molar-refractivity contribution is 5.98. The molecule has 0 aromatic heterocycles. The molecule has 0 spiro atoms. The summed E-state index contributed by atoms with van der Waals surface area (Å²) in [5.74, 6) is -1.47. The van der Waals surface area contributed by atoms with Crippen molar-refractivity contribution in [3.8, 4) is 0 Å². The summed E-state index contributed by atoms with van der Waals surface area (Å²) in [7, 11) is 0. The molecule has 8 heteroatoms. The molecule has 2 aromatic carbocycles. The number of epoxide rings is 1. The molecule has 4 atom stereocenters. The summed E-state index contributed by atoms with van der Waals surface area (Å²) < 4.78 is 5.39. The van der Waals surface area contributed by atoms with E-state index in [4.69, 9.17) is 4.74 Å². The molecule has 41 heavy (non-hydrogen) atoms. The van der Waals surface area contributed by atoms with E-state index in [9.17, 15) is 24.0 Å². The molecule has 0 radical (unpaired) electrons. The zero-order valence-electron chi connectivity index (χ0n) is 24.6. The third-order valence-corrected chi connectivity index (χ3v) is 8.19. The second-order valence-corrected chi connectivity index (χ2v) is 12.3. The number of amides is 2. The number of hydrogen-bond acceptors (Lipinski definition) is 6. The zero-order chi connectivity index (χ0) is 29.7. The molecule has 8 nitrogen and oxygen atoms in total. The van der Waals surface area contributed by atoms with E-state index in [1.165, 1.54) is 6.92 Å². The zero-order valence-corrected chi connectivity index (χ0v) is 24.6. The van der Waals surface area contributed by atoms with Crippen LogP contribution >= 0.6 is 0 Å². The van der Waals surface area contributed by atoms with Crippen LogP contribution in [0.3, 0.4) is 0 Å². The predicted molar refractivity (Wildman–Crippen MR) is 156 cm³/mol. The maximum Gasteiger partial charge on any atom is 0.224 e. The number of ketones is 3. The van der Waals surface area contributed by atoms with E-state index in [1.54, 1.807) is 11.8 Å². The van der Waals surface area contributed by atoms with Crippen LogP contribution in [0.1, 0.15) is 71.8 Å². The van der Waals surface area contributed by atoms with Gasteiger partial charge in [0.2, 0.25) is 11.8 Å². The molecule has 2 saturated heterocycles. The summed E-state index contributed by atoms with van der Waals surface area (Å²) in [5.41, 5.74) is 0.0443. The van der Waals surface area contributed by atoms with Crippen LogP contribution in [0.4, 0.5) is 0 Å². The van der Waals surface area contributed by atoms with Crippen molar-refractivity contribution in [2.45, 2.75) is 90.3 Å². The van der Waals surface area contributed by atoms with Crippen molar-refractivity contribution in [3.05, 3.63) is 48.0 Å². The van der Waals surface area contributed by atoms with Gasteiger partial charge in [0.05, 0.1) is 18.7 Å². The molecule has 0 unspecified atom stereocenters. The molecule has 2 aliphatic heterocycles. The highest BCUT2D eigenvalue weighted by Crippen LogP contribution is 2.30. The maximum atomic E-state index is 13.8. The molecule has 2 heterocycles. The highest BCUT2D eigenvalue weighted by Gasteiger charge is 2.50. The molecule has 2 amide bonds. The van der Waals surface area contributed by atoms with Crippen LogP contribution in [0, 0.1) is 11.8 Å². The Morgan fingerprint density at radius 1 is 1.05 bits per heavy atom. The first kappa shape index (κ1) is 30.6. The van der Waals surface area contributed by atoms with E-state index in [1.807, 2.05) is 56.3 Å². The number of benzene rings is 2. The van der Waals surface area contributed by atoms with Crippen LogP contribution in [0.2, 0.25) is 0 Å². The largest absolute Gasteiger partial charge is 0.361 e. The molecular weight excluding hydrogens is 520 g/mol. The summed E-state index contributed by atoms with van der Waals surface area (Å²) in [4.78, 5) is 66.5. The molecule has 2 aliphatic rings. The number of fused-ring (bicyclic) bond motifs is 1. The van der Waals surface area contributed by atoms with Crippen LogP contribution in [-0.4, -0.2) is 64.9 Å². The SMILES string of the molecule is CC(=O)CCC(=O)N1CCC[C@H]1C(=O)C[C@@H](Cc1ccc2ccccc2c1)C(=O)N[C@@H](CC(C)C)C(=O)[C@@]1(C)CO1. The lowest BCUT2D eigenvalue weighted by atomic mass is 9.88. The average Bonchev–Trinajstić information content (AvgIpc) is 3.49. The lowest BCUT2D eigenvalue weighted by Crippen LogP contribution is -2.49. The first-order valence-electron chi connectivity index (χ1n) is 14.7. The van der Waals surface area contributed by atoms with E-state index in [0.717, 1.165) is 16.3 Å². The Morgan fingerprint density at radius 2 is 1.76 bits per heavy atom. The molecule has 0 saturated carbocycles. The molecule has 2 aromatic rings. The topological polar surface area (TPSA) is 113 Å². The average molecular weight is 563 g/mol. The van der Waals surface area contributed by atoms with Gasteiger partial charge in [-0.15, -0.1) is 0 Å². The van der Waals surface area contributed by atoms with Crippen LogP contribution in [0.5, 0.6) is 0 Å². The van der Waals surface area contributed by atoms with Gasteiger partial charge >= 0.3 is 0 Å². The number of nitrogens with zero attached hydrogens (tertiary/aromatic N) is 1. The predicted octanol–water partition coefficient (Wildman–Crippen LogP) is 4.21. The van der Waals surface area contributed by atoms with Crippen molar-refractivity contribution in [1.82, 2.24) is 10.2 Å². The third kappa shape index (κ3) is 7.88. The number of rotatable bonds is 14. The molecule has 220 valence electrons. The number of carbonyl (C=O) groups is 5. The summed E-state index contributed by atoms with van der Waals surface area (Å²) >= 11 is 0. The van der Waals surface area contributed by atoms with Gasteiger partial charge in [0.25, 0.3) is 0 Å². The maximum absolute atomic E-state index is 13.8. The molecule has 4 rings (SSSR count). The second-order valence-electron chi connectivity index (χ2n) is 12.3. The normalized spacial score (nSPS) is 21.5. The van der Waals surface area contributed by atoms with Crippen molar-refractivity contribution in [1.29, 1.82) is 0 Å². The second kappa shape index (κ2) is 13.1. The minimum Gasteiger partial charge on any atom is -0.361 e. The monoisotopic (exact) mass is 562 g/mol. The van der Waals surface area contributed by atoms with Crippen LogP contribution in [-0.2, 0) is 35.1 Å². The fourth-order valence-electron chi connectivity index (χ4n) is 5.72. The lowest BCUT2D eigenvalue weighted by Gasteiger charge is -2.27.